The molecule has 3 aromatic rings. The zero-order valence-electron chi connectivity index (χ0n) is 11.8. The summed E-state index contributed by atoms with van der Waals surface area (Å²) in [4.78, 5) is 3.34. The Bertz CT molecular complexity index is 911. The Morgan fingerprint density at radius 2 is 1.81 bits per heavy atom. The number of H-pyrrole nitrogens is 1. The second-order valence-corrected chi connectivity index (χ2v) is 6.78. The van der Waals surface area contributed by atoms with Gasteiger partial charge in [0, 0.05) is 17.1 Å². The minimum Gasteiger partial charge on any atom is -0.361 e. The molecule has 0 fully saturated rings. The van der Waals surface area contributed by atoms with E-state index in [1.54, 1.807) is 24.4 Å². The monoisotopic (exact) mass is 300 g/mol. The normalized spacial score (nSPS) is 11.7. The Kier molecular flexibility index (Phi) is 3.22. The first-order chi connectivity index (χ1) is 9.97. The van der Waals surface area contributed by atoms with Gasteiger partial charge in [-0.15, -0.1) is 0 Å². The van der Waals surface area contributed by atoms with E-state index in [1.165, 1.54) is 0 Å². The van der Waals surface area contributed by atoms with Gasteiger partial charge in [-0.3, -0.25) is 4.72 Å². The summed E-state index contributed by atoms with van der Waals surface area (Å²) in [6.45, 7) is 3.86. The third kappa shape index (κ3) is 2.52. The molecule has 0 radical (unpaired) electrons. The van der Waals surface area contributed by atoms with Crippen molar-refractivity contribution in [2.45, 2.75) is 18.7 Å². The SMILES string of the molecule is Cc1ccc(S(=O)(=O)Nc2cccc3[nH]ccc23)cc1C. The van der Waals surface area contributed by atoms with Crippen LogP contribution in [0.15, 0.2) is 53.6 Å². The maximum absolute atomic E-state index is 12.5. The van der Waals surface area contributed by atoms with E-state index >= 15 is 0 Å². The number of aromatic nitrogens is 1. The number of nitrogens with one attached hydrogen (secondary N) is 2. The molecular formula is C16H16N2O2S. The van der Waals surface area contributed by atoms with Crippen molar-refractivity contribution in [1.82, 2.24) is 4.98 Å². The van der Waals surface area contributed by atoms with Gasteiger partial charge in [-0.05, 0) is 55.3 Å². The smallest absolute Gasteiger partial charge is 0.261 e. The average molecular weight is 300 g/mol. The zero-order chi connectivity index (χ0) is 15.0. The number of hydrogen-bond donors (Lipinski definition) is 2. The van der Waals surface area contributed by atoms with E-state index in [-0.39, 0.29) is 4.90 Å². The lowest BCUT2D eigenvalue weighted by Gasteiger charge is -2.10. The van der Waals surface area contributed by atoms with Gasteiger partial charge >= 0.3 is 0 Å². The summed E-state index contributed by atoms with van der Waals surface area (Å²) in [6, 6.07) is 12.5. The minimum atomic E-state index is -3.59. The number of benzene rings is 2. The topological polar surface area (TPSA) is 62.0 Å². The highest BCUT2D eigenvalue weighted by atomic mass is 32.2. The van der Waals surface area contributed by atoms with Crippen LogP contribution in [0.4, 0.5) is 5.69 Å². The molecule has 1 heterocycles. The second kappa shape index (κ2) is 4.93. The van der Waals surface area contributed by atoms with E-state index in [2.05, 4.69) is 9.71 Å². The molecule has 4 nitrogen and oxygen atoms in total. The van der Waals surface area contributed by atoms with E-state index in [4.69, 9.17) is 0 Å². The van der Waals surface area contributed by atoms with Crippen LogP contribution in [0.5, 0.6) is 0 Å². The van der Waals surface area contributed by atoms with Gasteiger partial charge in [0.15, 0.2) is 0 Å². The van der Waals surface area contributed by atoms with Crippen LogP contribution in [0.1, 0.15) is 11.1 Å². The quantitative estimate of drug-likeness (QED) is 0.776. The van der Waals surface area contributed by atoms with Crippen LogP contribution in [0.2, 0.25) is 0 Å². The molecule has 0 aliphatic heterocycles. The Labute approximate surface area is 123 Å². The van der Waals surface area contributed by atoms with Crippen molar-refractivity contribution in [2.24, 2.45) is 0 Å². The predicted octanol–water partition coefficient (Wildman–Crippen LogP) is 3.59. The van der Waals surface area contributed by atoms with Gasteiger partial charge in [0.05, 0.1) is 10.6 Å². The van der Waals surface area contributed by atoms with E-state index in [1.807, 2.05) is 38.1 Å². The first-order valence-electron chi connectivity index (χ1n) is 6.63. The minimum absolute atomic E-state index is 0.276. The highest BCUT2D eigenvalue weighted by molar-refractivity contribution is 7.92. The van der Waals surface area contributed by atoms with Crippen molar-refractivity contribution < 1.29 is 8.42 Å². The van der Waals surface area contributed by atoms with E-state index in [0.29, 0.717) is 5.69 Å². The van der Waals surface area contributed by atoms with Gasteiger partial charge < -0.3 is 4.98 Å². The van der Waals surface area contributed by atoms with Crippen LogP contribution in [0, 0.1) is 13.8 Å². The molecule has 0 atom stereocenters. The summed E-state index contributed by atoms with van der Waals surface area (Å²) < 4.78 is 27.7. The molecule has 0 spiro atoms. The standard InChI is InChI=1S/C16H16N2O2S/c1-11-6-7-13(10-12(11)2)21(19,20)18-16-5-3-4-15-14(16)8-9-17-15/h3-10,17-18H,1-2H3. The predicted molar refractivity (Wildman–Crippen MR) is 85.0 cm³/mol. The third-order valence-electron chi connectivity index (χ3n) is 3.63. The summed E-state index contributed by atoms with van der Waals surface area (Å²) in [5, 5.41) is 0.852. The molecule has 1 aromatic heterocycles. The van der Waals surface area contributed by atoms with E-state index in [0.717, 1.165) is 22.0 Å². The van der Waals surface area contributed by atoms with Crippen LogP contribution in [0.25, 0.3) is 10.9 Å². The number of hydrogen-bond acceptors (Lipinski definition) is 2. The van der Waals surface area contributed by atoms with Crippen LogP contribution in [-0.2, 0) is 10.0 Å². The van der Waals surface area contributed by atoms with Gasteiger partial charge in [0.25, 0.3) is 10.0 Å². The number of sulfonamides is 1. The highest BCUT2D eigenvalue weighted by Gasteiger charge is 2.16. The Morgan fingerprint density at radius 3 is 2.57 bits per heavy atom. The molecular weight excluding hydrogens is 284 g/mol. The fourth-order valence-electron chi connectivity index (χ4n) is 2.26. The van der Waals surface area contributed by atoms with Crippen LogP contribution in [0.3, 0.4) is 0 Å². The molecule has 0 bridgehead atoms. The van der Waals surface area contributed by atoms with Gasteiger partial charge in [-0.2, -0.15) is 0 Å². The van der Waals surface area contributed by atoms with Crippen LogP contribution < -0.4 is 4.72 Å². The van der Waals surface area contributed by atoms with Gasteiger partial charge in [-0.25, -0.2) is 8.42 Å². The largest absolute Gasteiger partial charge is 0.361 e. The summed E-state index contributed by atoms with van der Waals surface area (Å²) in [5.41, 5.74) is 3.50. The molecule has 0 saturated heterocycles. The van der Waals surface area contributed by atoms with Crippen molar-refractivity contribution in [3.8, 4) is 0 Å². The van der Waals surface area contributed by atoms with Crippen molar-refractivity contribution >= 4 is 26.6 Å². The first-order valence-corrected chi connectivity index (χ1v) is 8.12. The van der Waals surface area contributed by atoms with E-state index in [9.17, 15) is 8.42 Å². The highest BCUT2D eigenvalue weighted by Crippen LogP contribution is 2.25. The maximum Gasteiger partial charge on any atom is 0.261 e. The fraction of sp³-hybridized carbons (Fsp3) is 0.125. The van der Waals surface area contributed by atoms with Gasteiger partial charge in [0.1, 0.15) is 0 Å². The van der Waals surface area contributed by atoms with Crippen molar-refractivity contribution in [3.05, 3.63) is 59.8 Å². The molecule has 2 aromatic carbocycles. The third-order valence-corrected chi connectivity index (χ3v) is 4.99. The molecule has 0 unspecified atom stereocenters. The summed E-state index contributed by atoms with van der Waals surface area (Å²) in [6.07, 6.45) is 1.79. The Hall–Kier alpha value is -2.27. The molecule has 0 aliphatic carbocycles. The number of anilines is 1. The molecule has 21 heavy (non-hydrogen) atoms. The van der Waals surface area contributed by atoms with E-state index < -0.39 is 10.0 Å². The number of aryl methyl sites for hydroxylation is 2. The molecule has 108 valence electrons. The Morgan fingerprint density at radius 1 is 1.00 bits per heavy atom. The van der Waals surface area contributed by atoms with Crippen molar-refractivity contribution in [2.75, 3.05) is 4.72 Å². The Balaban J connectivity index is 2.03. The lowest BCUT2D eigenvalue weighted by molar-refractivity contribution is 0.601. The zero-order valence-corrected chi connectivity index (χ0v) is 12.7. The summed E-state index contributed by atoms with van der Waals surface area (Å²) in [7, 11) is -3.59. The van der Waals surface area contributed by atoms with Crippen molar-refractivity contribution in [1.29, 1.82) is 0 Å². The van der Waals surface area contributed by atoms with Gasteiger partial charge in [-0.1, -0.05) is 12.1 Å². The van der Waals surface area contributed by atoms with Crippen molar-refractivity contribution in [3.63, 3.8) is 0 Å². The molecule has 0 saturated carbocycles. The number of rotatable bonds is 3. The fourth-order valence-corrected chi connectivity index (χ4v) is 3.42. The van der Waals surface area contributed by atoms with Crippen LogP contribution >= 0.6 is 0 Å². The maximum atomic E-state index is 12.5. The molecule has 5 heteroatoms. The second-order valence-electron chi connectivity index (χ2n) is 5.10. The molecule has 0 amide bonds. The lowest BCUT2D eigenvalue weighted by atomic mass is 10.1. The van der Waals surface area contributed by atoms with Crippen LogP contribution in [-0.4, -0.2) is 13.4 Å². The summed E-state index contributed by atoms with van der Waals surface area (Å²) in [5.74, 6) is 0. The molecule has 2 N–H and O–H groups in total. The number of fused-ring (bicyclic) bond motifs is 1. The first kappa shape index (κ1) is 13.7. The van der Waals surface area contributed by atoms with Gasteiger partial charge in [0.2, 0.25) is 0 Å². The average Bonchev–Trinajstić information content (AvgIpc) is 2.91. The molecule has 3 rings (SSSR count). The lowest BCUT2D eigenvalue weighted by Crippen LogP contribution is -2.13. The number of aromatic amines is 1. The molecule has 0 aliphatic rings. The summed E-state index contributed by atoms with van der Waals surface area (Å²) >= 11 is 0.